The molecule has 184 valence electrons. The first-order valence-corrected chi connectivity index (χ1v) is 12.4. The molecule has 2 heterocycles. The number of aromatic nitrogens is 1. The zero-order chi connectivity index (χ0) is 24.6. The van der Waals surface area contributed by atoms with Crippen LogP contribution in [-0.4, -0.2) is 47.9 Å². The third-order valence-electron chi connectivity index (χ3n) is 6.81. The van der Waals surface area contributed by atoms with Crippen LogP contribution in [0.3, 0.4) is 0 Å². The molecule has 1 fully saturated rings. The second kappa shape index (κ2) is 9.64. The van der Waals surface area contributed by atoms with E-state index >= 15 is 0 Å². The number of carbonyl (C=O) groups excluding carboxylic acids is 2. The molecule has 7 nitrogen and oxygen atoms in total. The van der Waals surface area contributed by atoms with Crippen LogP contribution in [0, 0.1) is 5.92 Å². The minimum Gasteiger partial charge on any atom is -0.353 e. The van der Waals surface area contributed by atoms with Gasteiger partial charge in [-0.15, -0.1) is 0 Å². The maximum absolute atomic E-state index is 13.3. The lowest BCUT2D eigenvalue weighted by Gasteiger charge is -2.37. The molecule has 3 unspecified atom stereocenters. The molecule has 35 heavy (non-hydrogen) atoms. The number of hydrogen-bond donors (Lipinski definition) is 3. The third-order valence-corrected chi connectivity index (χ3v) is 7.04. The van der Waals surface area contributed by atoms with Crippen molar-refractivity contribution < 1.29 is 19.1 Å². The van der Waals surface area contributed by atoms with Crippen molar-refractivity contribution in [2.24, 2.45) is 5.92 Å². The van der Waals surface area contributed by atoms with Gasteiger partial charge in [-0.3, -0.25) is 9.59 Å². The minimum absolute atomic E-state index is 0.0823. The Labute approximate surface area is 209 Å². The Bertz CT molecular complexity index is 1250. The number of fused-ring (bicyclic) bond motifs is 2. The summed E-state index contributed by atoms with van der Waals surface area (Å²) in [5.74, 6) is -1.37. The van der Waals surface area contributed by atoms with Gasteiger partial charge in [0.05, 0.1) is 18.6 Å². The van der Waals surface area contributed by atoms with Crippen LogP contribution in [0.15, 0.2) is 48.5 Å². The molecule has 2 aromatic carbocycles. The number of benzene rings is 2. The highest BCUT2D eigenvalue weighted by atomic mass is 35.5. The van der Waals surface area contributed by atoms with Gasteiger partial charge in [-0.05, 0) is 68.5 Å². The molecular weight excluding hydrogens is 466 g/mol. The Hall–Kier alpha value is -2.87. The molecule has 3 N–H and O–H groups in total. The molecule has 3 atom stereocenters. The summed E-state index contributed by atoms with van der Waals surface area (Å²) in [6.45, 7) is 4.76. The largest absolute Gasteiger partial charge is 0.353 e. The summed E-state index contributed by atoms with van der Waals surface area (Å²) in [7, 11) is 0. The molecule has 5 rings (SSSR count). The van der Waals surface area contributed by atoms with Crippen LogP contribution in [0.5, 0.6) is 0 Å². The zero-order valence-electron chi connectivity index (χ0n) is 19.9. The zero-order valence-corrected chi connectivity index (χ0v) is 20.7. The van der Waals surface area contributed by atoms with Crippen molar-refractivity contribution in [1.29, 1.82) is 0 Å². The van der Waals surface area contributed by atoms with E-state index in [1.165, 1.54) is 0 Å². The van der Waals surface area contributed by atoms with Crippen LogP contribution in [0.2, 0.25) is 5.02 Å². The Kier molecular flexibility index (Phi) is 6.57. The lowest BCUT2D eigenvalue weighted by atomic mass is 9.79. The fourth-order valence-electron chi connectivity index (χ4n) is 5.03. The summed E-state index contributed by atoms with van der Waals surface area (Å²) in [6.07, 6.45) is 1.77. The molecule has 1 aliphatic heterocycles. The predicted octanol–water partition coefficient (Wildman–Crippen LogP) is 3.99. The highest BCUT2D eigenvalue weighted by molar-refractivity contribution is 6.31. The topological polar surface area (TPSA) is 92.5 Å². The predicted molar refractivity (Wildman–Crippen MR) is 134 cm³/mol. The van der Waals surface area contributed by atoms with Gasteiger partial charge in [0.25, 0.3) is 5.91 Å². The van der Waals surface area contributed by atoms with Crippen molar-refractivity contribution in [3.63, 3.8) is 0 Å². The number of carbonyl (C=O) groups is 2. The van der Waals surface area contributed by atoms with Crippen molar-refractivity contribution in [1.82, 2.24) is 15.6 Å². The van der Waals surface area contributed by atoms with E-state index in [1.807, 2.05) is 38.1 Å². The van der Waals surface area contributed by atoms with Gasteiger partial charge in [-0.1, -0.05) is 35.9 Å². The minimum atomic E-state index is -0.655. The van der Waals surface area contributed by atoms with E-state index in [0.29, 0.717) is 36.7 Å². The molecule has 0 saturated carbocycles. The van der Waals surface area contributed by atoms with Crippen molar-refractivity contribution in [3.8, 4) is 0 Å². The van der Waals surface area contributed by atoms with Gasteiger partial charge in [-0.25, -0.2) is 0 Å². The smallest absolute Gasteiger partial charge is 0.267 e. The van der Waals surface area contributed by atoms with Crippen molar-refractivity contribution in [2.75, 3.05) is 13.2 Å². The number of aromatic amines is 1. The van der Waals surface area contributed by atoms with E-state index in [9.17, 15) is 9.59 Å². The van der Waals surface area contributed by atoms with Crippen molar-refractivity contribution >= 4 is 34.3 Å². The molecule has 0 spiro atoms. The van der Waals surface area contributed by atoms with Gasteiger partial charge < -0.3 is 25.1 Å². The SMILES string of the molecule is CC1(C)OCCC(CNC(=O)C2Cc3ccccc3CC2NC(=O)c2cc3cc(Cl)ccc3[nH]2)O1. The molecule has 1 aromatic heterocycles. The van der Waals surface area contributed by atoms with Gasteiger partial charge in [0.2, 0.25) is 5.91 Å². The Morgan fingerprint density at radius 1 is 1.11 bits per heavy atom. The van der Waals surface area contributed by atoms with Gasteiger partial charge in [0.1, 0.15) is 5.69 Å². The van der Waals surface area contributed by atoms with E-state index in [-0.39, 0.29) is 29.9 Å². The van der Waals surface area contributed by atoms with E-state index < -0.39 is 5.79 Å². The summed E-state index contributed by atoms with van der Waals surface area (Å²) in [4.78, 5) is 29.7. The van der Waals surface area contributed by atoms with E-state index in [2.05, 4.69) is 27.8 Å². The number of ether oxygens (including phenoxy) is 2. The highest BCUT2D eigenvalue weighted by Gasteiger charge is 2.36. The second-order valence-electron chi connectivity index (χ2n) is 9.80. The van der Waals surface area contributed by atoms with Gasteiger partial charge in [0.15, 0.2) is 5.79 Å². The fourth-order valence-corrected chi connectivity index (χ4v) is 5.21. The molecule has 1 aliphatic carbocycles. The quantitative estimate of drug-likeness (QED) is 0.499. The molecule has 8 heteroatoms. The summed E-state index contributed by atoms with van der Waals surface area (Å²) >= 11 is 6.09. The Morgan fingerprint density at radius 3 is 2.66 bits per heavy atom. The van der Waals surface area contributed by atoms with Gasteiger partial charge >= 0.3 is 0 Å². The first-order valence-electron chi connectivity index (χ1n) is 12.0. The summed E-state index contributed by atoms with van der Waals surface area (Å²) in [5.41, 5.74) is 3.57. The number of hydrogen-bond acceptors (Lipinski definition) is 4. The van der Waals surface area contributed by atoms with Crippen molar-refractivity contribution in [2.45, 2.75) is 51.0 Å². The Morgan fingerprint density at radius 2 is 1.89 bits per heavy atom. The Balaban J connectivity index is 1.31. The molecule has 2 aliphatic rings. The van der Waals surface area contributed by atoms with Gasteiger partial charge in [0, 0.05) is 28.5 Å². The lowest BCUT2D eigenvalue weighted by Crippen LogP contribution is -2.52. The third kappa shape index (κ3) is 5.37. The fraction of sp³-hybridized carbons (Fsp3) is 0.407. The number of halogens is 1. The number of H-pyrrole nitrogens is 1. The molecule has 0 radical (unpaired) electrons. The van der Waals surface area contributed by atoms with Crippen molar-refractivity contribution in [3.05, 3.63) is 70.4 Å². The van der Waals surface area contributed by atoms with Crippen LogP contribution in [0.25, 0.3) is 10.9 Å². The maximum Gasteiger partial charge on any atom is 0.267 e. The van der Waals surface area contributed by atoms with Crippen LogP contribution in [0.1, 0.15) is 41.9 Å². The number of amides is 2. The average molecular weight is 496 g/mol. The molecule has 1 saturated heterocycles. The van der Waals surface area contributed by atoms with Crippen LogP contribution < -0.4 is 10.6 Å². The average Bonchev–Trinajstić information content (AvgIpc) is 3.25. The summed E-state index contributed by atoms with van der Waals surface area (Å²) in [5, 5.41) is 7.66. The highest BCUT2D eigenvalue weighted by Crippen LogP contribution is 2.28. The first-order chi connectivity index (χ1) is 16.8. The van der Waals surface area contributed by atoms with E-state index in [1.54, 1.807) is 12.1 Å². The normalized spacial score (nSPS) is 23.5. The number of rotatable bonds is 5. The second-order valence-corrected chi connectivity index (χ2v) is 10.2. The summed E-state index contributed by atoms with van der Waals surface area (Å²) in [6, 6.07) is 15.0. The van der Waals surface area contributed by atoms with Gasteiger partial charge in [-0.2, -0.15) is 0 Å². The summed E-state index contributed by atoms with van der Waals surface area (Å²) < 4.78 is 11.5. The van der Waals surface area contributed by atoms with E-state index in [0.717, 1.165) is 28.5 Å². The number of nitrogens with one attached hydrogen (secondary N) is 3. The molecular formula is C27H30ClN3O4. The van der Waals surface area contributed by atoms with Crippen LogP contribution in [-0.2, 0) is 27.1 Å². The van der Waals surface area contributed by atoms with Crippen LogP contribution in [0.4, 0.5) is 0 Å². The molecule has 2 amide bonds. The molecule has 3 aromatic rings. The standard InChI is InChI=1S/C27H30ClN3O4/c1-27(2)34-10-9-20(35-27)15-29-25(32)21-12-16-5-3-4-6-17(16)13-23(21)31-26(33)24-14-18-11-19(28)7-8-22(18)30-24/h3-8,11,14,20-21,23,30H,9-10,12-13,15H2,1-2H3,(H,29,32)(H,31,33). The van der Waals surface area contributed by atoms with Crippen LogP contribution >= 0.6 is 11.6 Å². The van der Waals surface area contributed by atoms with E-state index in [4.69, 9.17) is 21.1 Å². The first kappa shape index (κ1) is 23.9. The lowest BCUT2D eigenvalue weighted by molar-refractivity contribution is -0.271. The monoisotopic (exact) mass is 495 g/mol. The molecule has 0 bridgehead atoms. The maximum atomic E-state index is 13.3.